The Labute approximate surface area is 146 Å². The fourth-order valence-corrected chi connectivity index (χ4v) is 3.77. The number of urea groups is 1. The molecule has 0 aromatic heterocycles. The van der Waals surface area contributed by atoms with E-state index in [1.807, 2.05) is 29.2 Å². The average molecular weight is 329 g/mol. The van der Waals surface area contributed by atoms with Gasteiger partial charge in [-0.2, -0.15) is 0 Å². The van der Waals surface area contributed by atoms with E-state index >= 15 is 0 Å². The largest absolute Gasteiger partial charge is 0.325 e. The number of hydrogen-bond donors (Lipinski definition) is 1. The molecule has 0 saturated carbocycles. The Bertz CT molecular complexity index is 526. The van der Waals surface area contributed by atoms with E-state index in [1.54, 1.807) is 0 Å². The van der Waals surface area contributed by atoms with Gasteiger partial charge in [-0.1, -0.05) is 24.6 Å². The van der Waals surface area contributed by atoms with Crippen LogP contribution in [0.2, 0.25) is 0 Å². The maximum Gasteiger partial charge on any atom is 0.321 e. The number of anilines is 1. The Morgan fingerprint density at radius 3 is 2.29 bits per heavy atom. The van der Waals surface area contributed by atoms with Gasteiger partial charge in [0, 0.05) is 25.3 Å². The number of benzene rings is 1. The second-order valence-corrected chi connectivity index (χ2v) is 7.71. The van der Waals surface area contributed by atoms with Gasteiger partial charge in [-0.3, -0.25) is 0 Å². The Morgan fingerprint density at radius 1 is 1.04 bits per heavy atom. The summed E-state index contributed by atoms with van der Waals surface area (Å²) in [5.41, 5.74) is 2.09. The maximum absolute atomic E-state index is 12.4. The molecule has 0 aliphatic carbocycles. The van der Waals surface area contributed by atoms with Crippen molar-refractivity contribution in [3.63, 3.8) is 0 Å². The summed E-state index contributed by atoms with van der Waals surface area (Å²) in [6, 6.07) is 8.04. The van der Waals surface area contributed by atoms with Crippen LogP contribution in [0.1, 0.15) is 38.2 Å². The van der Waals surface area contributed by atoms with Gasteiger partial charge in [-0.25, -0.2) is 4.79 Å². The molecule has 2 fully saturated rings. The number of hydrogen-bond acceptors (Lipinski definition) is 2. The van der Waals surface area contributed by atoms with Gasteiger partial charge in [0.25, 0.3) is 0 Å². The van der Waals surface area contributed by atoms with Crippen molar-refractivity contribution in [2.24, 2.45) is 11.8 Å². The van der Waals surface area contributed by atoms with Crippen molar-refractivity contribution in [3.05, 3.63) is 29.8 Å². The lowest BCUT2D eigenvalue weighted by atomic mass is 9.93. The fraction of sp³-hybridized carbons (Fsp3) is 0.650. The molecule has 4 heteroatoms. The minimum atomic E-state index is 0.0455. The van der Waals surface area contributed by atoms with Crippen molar-refractivity contribution < 1.29 is 4.79 Å². The minimum absolute atomic E-state index is 0.0455. The fourth-order valence-electron chi connectivity index (χ4n) is 3.77. The van der Waals surface area contributed by atoms with Crippen LogP contribution in [0.25, 0.3) is 0 Å². The molecular weight excluding hydrogens is 298 g/mol. The van der Waals surface area contributed by atoms with Crippen molar-refractivity contribution in [3.8, 4) is 0 Å². The number of piperidine rings is 2. The van der Waals surface area contributed by atoms with Crippen LogP contribution < -0.4 is 5.32 Å². The van der Waals surface area contributed by atoms with Gasteiger partial charge < -0.3 is 15.1 Å². The highest BCUT2D eigenvalue weighted by molar-refractivity contribution is 5.89. The predicted molar refractivity (Wildman–Crippen MR) is 99.3 cm³/mol. The first kappa shape index (κ1) is 17.3. The lowest BCUT2D eigenvalue weighted by Gasteiger charge is -2.37. The molecule has 0 unspecified atom stereocenters. The SMILES string of the molecule is Cc1ccc(NC(=O)N2CCC(CN3CCC(C)CC3)CC2)cc1. The first-order valence-electron chi connectivity index (χ1n) is 9.45. The van der Waals surface area contributed by atoms with Crippen LogP contribution in [0.5, 0.6) is 0 Å². The highest BCUT2D eigenvalue weighted by atomic mass is 16.2. The summed E-state index contributed by atoms with van der Waals surface area (Å²) in [5, 5.41) is 3.02. The molecule has 2 aliphatic heterocycles. The van der Waals surface area contributed by atoms with E-state index in [9.17, 15) is 4.79 Å². The maximum atomic E-state index is 12.4. The molecule has 2 heterocycles. The third kappa shape index (κ3) is 4.73. The van der Waals surface area contributed by atoms with Crippen LogP contribution in [0.3, 0.4) is 0 Å². The van der Waals surface area contributed by atoms with Crippen LogP contribution in [0.4, 0.5) is 10.5 Å². The van der Waals surface area contributed by atoms with Gasteiger partial charge in [0.1, 0.15) is 0 Å². The van der Waals surface area contributed by atoms with E-state index in [4.69, 9.17) is 0 Å². The quantitative estimate of drug-likeness (QED) is 0.911. The molecule has 132 valence electrons. The Kier molecular flexibility index (Phi) is 5.77. The molecule has 4 nitrogen and oxygen atoms in total. The zero-order chi connectivity index (χ0) is 16.9. The van der Waals surface area contributed by atoms with Crippen LogP contribution in [0.15, 0.2) is 24.3 Å². The Balaban J connectivity index is 1.41. The van der Waals surface area contributed by atoms with E-state index < -0.39 is 0 Å². The number of likely N-dealkylation sites (tertiary alicyclic amines) is 2. The van der Waals surface area contributed by atoms with Gasteiger partial charge in [0.15, 0.2) is 0 Å². The summed E-state index contributed by atoms with van der Waals surface area (Å²) in [5.74, 6) is 1.65. The number of carbonyl (C=O) groups excluding carboxylic acids is 1. The summed E-state index contributed by atoms with van der Waals surface area (Å²) in [6.07, 6.45) is 4.95. The molecule has 0 atom stereocenters. The molecule has 2 saturated heterocycles. The predicted octanol–water partition coefficient (Wildman–Crippen LogP) is 3.97. The van der Waals surface area contributed by atoms with Crippen LogP contribution in [0, 0.1) is 18.8 Å². The van der Waals surface area contributed by atoms with Gasteiger partial charge in [-0.05, 0) is 69.7 Å². The standard InChI is InChI=1S/C20H31N3O/c1-16-3-5-19(6-4-16)21-20(24)23-13-9-18(10-14-23)15-22-11-7-17(2)8-12-22/h3-6,17-18H,7-15H2,1-2H3,(H,21,24). The molecule has 2 amide bonds. The van der Waals surface area contributed by atoms with Gasteiger partial charge in [0.2, 0.25) is 0 Å². The molecule has 24 heavy (non-hydrogen) atoms. The number of nitrogens with one attached hydrogen (secondary N) is 1. The smallest absolute Gasteiger partial charge is 0.321 e. The summed E-state index contributed by atoms with van der Waals surface area (Å²) < 4.78 is 0. The topological polar surface area (TPSA) is 35.6 Å². The van der Waals surface area contributed by atoms with E-state index in [1.165, 1.54) is 38.0 Å². The van der Waals surface area contributed by atoms with E-state index in [-0.39, 0.29) is 6.03 Å². The van der Waals surface area contributed by atoms with Crippen molar-refractivity contribution in [2.75, 3.05) is 38.0 Å². The summed E-state index contributed by atoms with van der Waals surface area (Å²) in [6.45, 7) is 9.92. The molecule has 1 aromatic carbocycles. The van der Waals surface area contributed by atoms with Crippen LogP contribution in [-0.2, 0) is 0 Å². The minimum Gasteiger partial charge on any atom is -0.325 e. The molecule has 1 N–H and O–H groups in total. The monoisotopic (exact) mass is 329 g/mol. The third-order valence-corrected chi connectivity index (χ3v) is 5.60. The zero-order valence-corrected chi connectivity index (χ0v) is 15.1. The van der Waals surface area contributed by atoms with Gasteiger partial charge in [-0.15, -0.1) is 0 Å². The Hall–Kier alpha value is -1.55. The highest BCUT2D eigenvalue weighted by Crippen LogP contribution is 2.23. The average Bonchev–Trinajstić information content (AvgIpc) is 2.59. The Morgan fingerprint density at radius 2 is 1.67 bits per heavy atom. The van der Waals surface area contributed by atoms with E-state index in [0.717, 1.165) is 43.5 Å². The van der Waals surface area contributed by atoms with Crippen molar-refractivity contribution in [2.45, 2.75) is 39.5 Å². The number of nitrogens with zero attached hydrogens (tertiary/aromatic N) is 2. The van der Waals surface area contributed by atoms with Crippen LogP contribution in [-0.4, -0.2) is 48.6 Å². The second-order valence-electron chi connectivity index (χ2n) is 7.71. The summed E-state index contributed by atoms with van der Waals surface area (Å²) in [4.78, 5) is 17.0. The molecule has 3 rings (SSSR count). The molecular formula is C20H31N3O. The molecule has 0 radical (unpaired) electrons. The van der Waals surface area contributed by atoms with Gasteiger partial charge in [0.05, 0.1) is 0 Å². The van der Waals surface area contributed by atoms with Crippen molar-refractivity contribution in [1.29, 1.82) is 0 Å². The van der Waals surface area contributed by atoms with E-state index in [2.05, 4.69) is 24.1 Å². The molecule has 1 aromatic rings. The number of aryl methyl sites for hydroxylation is 1. The van der Waals surface area contributed by atoms with Crippen molar-refractivity contribution >= 4 is 11.7 Å². The molecule has 0 bridgehead atoms. The van der Waals surface area contributed by atoms with Crippen molar-refractivity contribution in [1.82, 2.24) is 9.80 Å². The lowest BCUT2D eigenvalue weighted by molar-refractivity contribution is 0.130. The number of amides is 2. The van der Waals surface area contributed by atoms with Gasteiger partial charge >= 0.3 is 6.03 Å². The second kappa shape index (κ2) is 8.02. The van der Waals surface area contributed by atoms with Crippen LogP contribution >= 0.6 is 0 Å². The molecule has 2 aliphatic rings. The first-order chi connectivity index (χ1) is 11.6. The third-order valence-electron chi connectivity index (χ3n) is 5.60. The molecule has 0 spiro atoms. The zero-order valence-electron chi connectivity index (χ0n) is 15.1. The summed E-state index contributed by atoms with van der Waals surface area (Å²) >= 11 is 0. The van der Waals surface area contributed by atoms with E-state index in [0.29, 0.717) is 0 Å². The normalized spacial score (nSPS) is 21.0. The first-order valence-corrected chi connectivity index (χ1v) is 9.45. The number of carbonyl (C=O) groups is 1. The lowest BCUT2D eigenvalue weighted by Crippen LogP contribution is -2.44. The summed E-state index contributed by atoms with van der Waals surface area (Å²) in [7, 11) is 0. The number of rotatable bonds is 3. The highest BCUT2D eigenvalue weighted by Gasteiger charge is 2.25.